The number of pyridine rings is 2. The van der Waals surface area contributed by atoms with Crippen LogP contribution in [0.1, 0.15) is 22.4 Å². The van der Waals surface area contributed by atoms with Crippen LogP contribution < -0.4 is 5.56 Å². The fourth-order valence-corrected chi connectivity index (χ4v) is 3.30. The highest BCUT2D eigenvalue weighted by atomic mass is 16.3. The first-order valence-electron chi connectivity index (χ1n) is 9.38. The van der Waals surface area contributed by atoms with Gasteiger partial charge in [-0.1, -0.05) is 30.3 Å². The van der Waals surface area contributed by atoms with E-state index < -0.39 is 0 Å². The molecule has 0 aliphatic rings. The smallest absolute Gasteiger partial charge is 0.267 e. The molecule has 0 spiro atoms. The maximum atomic E-state index is 13.1. The minimum atomic E-state index is -0.320. The predicted octanol–water partition coefficient (Wildman–Crippen LogP) is 4.77. The Labute approximate surface area is 168 Å². The van der Waals surface area contributed by atoms with E-state index in [4.69, 9.17) is 0 Å². The second-order valence-corrected chi connectivity index (χ2v) is 7.09. The van der Waals surface area contributed by atoms with Crippen molar-refractivity contribution in [1.82, 2.24) is 9.55 Å². The van der Waals surface area contributed by atoms with Crippen LogP contribution in [0.4, 0.5) is 5.69 Å². The quantitative estimate of drug-likeness (QED) is 0.518. The summed E-state index contributed by atoms with van der Waals surface area (Å²) in [6, 6.07) is 18.5. The van der Waals surface area contributed by atoms with Crippen LogP contribution in [0.2, 0.25) is 0 Å². The Hall–Kier alpha value is -3.73. The summed E-state index contributed by atoms with van der Waals surface area (Å²) in [5.74, 6) is 0.193. The number of benzene rings is 2. The third kappa shape index (κ3) is 3.43. The van der Waals surface area contributed by atoms with Crippen LogP contribution in [0.25, 0.3) is 16.6 Å². The first-order valence-corrected chi connectivity index (χ1v) is 9.38. The lowest BCUT2D eigenvalue weighted by atomic mass is 10.1. The van der Waals surface area contributed by atoms with Gasteiger partial charge in [-0.05, 0) is 62.2 Å². The molecule has 0 aliphatic carbocycles. The summed E-state index contributed by atoms with van der Waals surface area (Å²) in [6.45, 7) is 5.92. The fourth-order valence-electron chi connectivity index (χ4n) is 3.30. The molecule has 2 aromatic carbocycles. The molecule has 0 atom stereocenters. The molecule has 0 unspecified atom stereocenters. The summed E-state index contributed by atoms with van der Waals surface area (Å²) >= 11 is 0. The molecule has 0 amide bonds. The summed E-state index contributed by atoms with van der Waals surface area (Å²) in [5.41, 5.74) is 4.02. The molecule has 5 nitrogen and oxygen atoms in total. The minimum absolute atomic E-state index is 0.181. The van der Waals surface area contributed by atoms with E-state index in [9.17, 15) is 9.90 Å². The van der Waals surface area contributed by atoms with E-state index in [2.05, 4.69) is 9.98 Å². The van der Waals surface area contributed by atoms with E-state index in [0.717, 1.165) is 16.9 Å². The number of hydrogen-bond donors (Lipinski definition) is 1. The van der Waals surface area contributed by atoms with Crippen molar-refractivity contribution in [3.8, 4) is 11.7 Å². The Bertz CT molecular complexity index is 1320. The van der Waals surface area contributed by atoms with Crippen LogP contribution in [-0.2, 0) is 0 Å². The maximum Gasteiger partial charge on any atom is 0.267 e. The number of aromatic hydroxyl groups is 1. The molecule has 0 bridgehead atoms. The highest BCUT2D eigenvalue weighted by Crippen LogP contribution is 2.26. The highest BCUT2D eigenvalue weighted by molar-refractivity contribution is 6.02. The Morgan fingerprint density at radius 1 is 0.931 bits per heavy atom. The minimum Gasteiger partial charge on any atom is -0.494 e. The number of hydrogen-bond acceptors (Lipinski definition) is 4. The number of aryl methyl sites for hydroxylation is 3. The highest BCUT2D eigenvalue weighted by Gasteiger charge is 2.17. The molecule has 2 heterocycles. The standard InChI is InChI=1S/C24H21N3O2/c1-15-11-12-18(13-16(15)2)25-14-21-19-8-4-5-9-20(19)23(28)27(24(21)29)22-10-6-7-17(3)26-22/h4-14,29H,1-3H3. The lowest BCUT2D eigenvalue weighted by Gasteiger charge is -2.13. The van der Waals surface area contributed by atoms with Crippen molar-refractivity contribution in [2.45, 2.75) is 20.8 Å². The first kappa shape index (κ1) is 18.6. The number of fused-ring (bicyclic) bond motifs is 1. The topological polar surface area (TPSA) is 67.5 Å². The molecule has 29 heavy (non-hydrogen) atoms. The van der Waals surface area contributed by atoms with Gasteiger partial charge in [0.15, 0.2) is 0 Å². The van der Waals surface area contributed by atoms with Gasteiger partial charge in [-0.2, -0.15) is 0 Å². The van der Waals surface area contributed by atoms with Gasteiger partial charge in [-0.3, -0.25) is 9.79 Å². The van der Waals surface area contributed by atoms with Crippen molar-refractivity contribution in [3.63, 3.8) is 0 Å². The summed E-state index contributed by atoms with van der Waals surface area (Å²) in [5, 5.41) is 12.2. The molecule has 2 aromatic heterocycles. The van der Waals surface area contributed by atoms with Gasteiger partial charge in [0.25, 0.3) is 5.56 Å². The van der Waals surface area contributed by atoms with Gasteiger partial charge in [-0.15, -0.1) is 0 Å². The number of rotatable bonds is 3. The summed E-state index contributed by atoms with van der Waals surface area (Å²) in [7, 11) is 0. The Morgan fingerprint density at radius 3 is 2.41 bits per heavy atom. The number of nitrogens with zero attached hydrogens (tertiary/aromatic N) is 3. The molecule has 1 N–H and O–H groups in total. The van der Waals surface area contributed by atoms with E-state index >= 15 is 0 Å². The van der Waals surface area contributed by atoms with Crippen molar-refractivity contribution in [1.29, 1.82) is 0 Å². The monoisotopic (exact) mass is 383 g/mol. The van der Waals surface area contributed by atoms with Gasteiger partial charge in [0.2, 0.25) is 5.88 Å². The van der Waals surface area contributed by atoms with Crippen molar-refractivity contribution in [2.75, 3.05) is 0 Å². The second-order valence-electron chi connectivity index (χ2n) is 7.09. The zero-order valence-electron chi connectivity index (χ0n) is 16.5. The van der Waals surface area contributed by atoms with Crippen molar-refractivity contribution in [2.24, 2.45) is 4.99 Å². The Morgan fingerprint density at radius 2 is 1.69 bits per heavy atom. The molecule has 0 aliphatic heterocycles. The van der Waals surface area contributed by atoms with Crippen LogP contribution in [-0.4, -0.2) is 20.9 Å². The molecule has 0 saturated heterocycles. The molecule has 5 heteroatoms. The average molecular weight is 383 g/mol. The first-order chi connectivity index (χ1) is 14.0. The van der Waals surface area contributed by atoms with E-state index in [0.29, 0.717) is 22.2 Å². The van der Waals surface area contributed by atoms with Gasteiger partial charge in [0, 0.05) is 22.7 Å². The Kier molecular flexibility index (Phi) is 4.72. The zero-order valence-corrected chi connectivity index (χ0v) is 16.5. The van der Waals surface area contributed by atoms with E-state index in [1.165, 1.54) is 10.1 Å². The summed E-state index contributed by atoms with van der Waals surface area (Å²) < 4.78 is 1.23. The van der Waals surface area contributed by atoms with Crippen LogP contribution in [0.15, 0.2) is 70.5 Å². The van der Waals surface area contributed by atoms with Gasteiger partial charge >= 0.3 is 0 Å². The molecule has 0 saturated carbocycles. The Balaban J connectivity index is 1.97. The van der Waals surface area contributed by atoms with Crippen molar-refractivity contribution >= 4 is 22.7 Å². The average Bonchev–Trinajstić information content (AvgIpc) is 2.71. The second kappa shape index (κ2) is 7.36. The third-order valence-corrected chi connectivity index (χ3v) is 5.04. The molecule has 0 fully saturated rings. The molecule has 4 rings (SSSR count). The van der Waals surface area contributed by atoms with Crippen LogP contribution >= 0.6 is 0 Å². The van der Waals surface area contributed by atoms with Crippen LogP contribution in [0.5, 0.6) is 5.88 Å². The van der Waals surface area contributed by atoms with Gasteiger partial charge in [0.05, 0.1) is 11.3 Å². The largest absolute Gasteiger partial charge is 0.494 e. The number of aliphatic imine (C=N–C) groups is 1. The maximum absolute atomic E-state index is 13.1. The molecular formula is C24H21N3O2. The van der Waals surface area contributed by atoms with Crippen molar-refractivity contribution < 1.29 is 5.11 Å². The van der Waals surface area contributed by atoms with Crippen LogP contribution in [0, 0.1) is 20.8 Å². The van der Waals surface area contributed by atoms with E-state index in [1.54, 1.807) is 24.4 Å². The lowest BCUT2D eigenvalue weighted by Crippen LogP contribution is -2.21. The van der Waals surface area contributed by atoms with Crippen molar-refractivity contribution in [3.05, 3.63) is 93.4 Å². The van der Waals surface area contributed by atoms with Gasteiger partial charge < -0.3 is 5.11 Å². The van der Waals surface area contributed by atoms with Gasteiger partial charge in [0.1, 0.15) is 5.82 Å². The van der Waals surface area contributed by atoms with E-state index in [1.807, 2.05) is 63.2 Å². The summed E-state index contributed by atoms with van der Waals surface area (Å²) in [4.78, 5) is 22.0. The fraction of sp³-hybridized carbons (Fsp3) is 0.125. The third-order valence-electron chi connectivity index (χ3n) is 5.04. The SMILES string of the molecule is Cc1cccc(-n2c(O)c(C=Nc3ccc(C)c(C)c3)c3ccccc3c2=O)n1. The summed E-state index contributed by atoms with van der Waals surface area (Å²) in [6.07, 6.45) is 1.60. The lowest BCUT2D eigenvalue weighted by molar-refractivity contribution is 0.435. The normalized spacial score (nSPS) is 11.4. The van der Waals surface area contributed by atoms with Crippen LogP contribution in [0.3, 0.4) is 0 Å². The molecule has 4 aromatic rings. The molecule has 144 valence electrons. The van der Waals surface area contributed by atoms with E-state index in [-0.39, 0.29) is 11.4 Å². The van der Waals surface area contributed by atoms with Gasteiger partial charge in [-0.25, -0.2) is 9.55 Å². The zero-order chi connectivity index (χ0) is 20.5. The molecular weight excluding hydrogens is 362 g/mol. The molecule has 0 radical (unpaired) electrons. The number of aromatic nitrogens is 2. The predicted molar refractivity (Wildman–Crippen MR) is 117 cm³/mol.